The lowest BCUT2D eigenvalue weighted by molar-refractivity contribution is -0.329. The monoisotopic (exact) mass is 564 g/mol. The molecule has 1 heterocycles. The molecule has 0 bridgehead atoms. The molecule has 6 nitrogen and oxygen atoms in total. The first-order valence-electron chi connectivity index (χ1n) is 16.8. The standard InChI is InChI=1S/C34H60O6/c1-21(2)8-7-9-22(3)25-12-13-26-24-11-10-23-18-31(4,16-17-32(23,5)27(24)14-15-33(25,26)6)40-34(20-36)30(38)29(37)28(19-35)39-34/h21-30,35-38H,7-20H2,1-6H3/t22-,23+,24+,25-,26+,27+,28+,29+,30-,31+,32+,33-,34-/m1/s1. The van der Waals surface area contributed by atoms with Crippen LogP contribution in [-0.2, 0) is 9.47 Å². The molecule has 1 aliphatic heterocycles. The van der Waals surface area contributed by atoms with Gasteiger partial charge in [-0.3, -0.25) is 0 Å². The van der Waals surface area contributed by atoms with Gasteiger partial charge in [-0.25, -0.2) is 0 Å². The maximum Gasteiger partial charge on any atom is 0.222 e. The van der Waals surface area contributed by atoms with E-state index in [1.807, 2.05) is 0 Å². The van der Waals surface area contributed by atoms with Crippen LogP contribution in [0.15, 0.2) is 0 Å². The van der Waals surface area contributed by atoms with E-state index in [2.05, 4.69) is 41.5 Å². The second-order valence-corrected chi connectivity index (χ2v) is 16.2. The SMILES string of the molecule is CC(C)CCC[C@@H](C)[C@H]1CC[C@H]2[C@@H]3CC[C@H]4C[C@@](C)(O[C@@]5(CO)O[C@@H](CO)[C@H](O)[C@H]5O)CC[C@]4(C)[C@H]3CC[C@]12C. The summed E-state index contributed by atoms with van der Waals surface area (Å²) in [5.41, 5.74) is 0.238. The smallest absolute Gasteiger partial charge is 0.222 e. The summed E-state index contributed by atoms with van der Waals surface area (Å²) in [6.07, 6.45) is 11.4. The fourth-order valence-electron chi connectivity index (χ4n) is 11.2. The molecule has 4 N–H and O–H groups in total. The van der Waals surface area contributed by atoms with Crippen molar-refractivity contribution in [3.05, 3.63) is 0 Å². The predicted octanol–water partition coefficient (Wildman–Crippen LogP) is 5.68. The van der Waals surface area contributed by atoms with Crippen LogP contribution in [0, 0.1) is 52.3 Å². The van der Waals surface area contributed by atoms with Crippen LogP contribution >= 0.6 is 0 Å². The molecular weight excluding hydrogens is 504 g/mol. The van der Waals surface area contributed by atoms with Crippen LogP contribution in [0.4, 0.5) is 0 Å². The minimum atomic E-state index is -1.69. The molecule has 4 aliphatic carbocycles. The minimum absolute atomic E-state index is 0.294. The Hall–Kier alpha value is -0.240. The first-order chi connectivity index (χ1) is 18.8. The van der Waals surface area contributed by atoms with Gasteiger partial charge in [0.2, 0.25) is 5.79 Å². The van der Waals surface area contributed by atoms with Crippen LogP contribution < -0.4 is 0 Å². The summed E-state index contributed by atoms with van der Waals surface area (Å²) < 4.78 is 12.3. The molecule has 0 aromatic carbocycles. The van der Waals surface area contributed by atoms with Crippen molar-refractivity contribution < 1.29 is 29.9 Å². The normalized spacial score (nSPS) is 51.4. The number of rotatable bonds is 9. The Balaban J connectivity index is 1.26. The summed E-state index contributed by atoms with van der Waals surface area (Å²) >= 11 is 0. The average molecular weight is 565 g/mol. The molecule has 40 heavy (non-hydrogen) atoms. The third-order valence-corrected chi connectivity index (χ3v) is 13.5. The molecule has 0 radical (unpaired) electrons. The van der Waals surface area contributed by atoms with Crippen molar-refractivity contribution in [1.82, 2.24) is 0 Å². The van der Waals surface area contributed by atoms with Crippen LogP contribution in [0.3, 0.4) is 0 Å². The van der Waals surface area contributed by atoms with E-state index in [1.165, 1.54) is 57.8 Å². The molecule has 5 fully saturated rings. The third kappa shape index (κ3) is 5.13. The van der Waals surface area contributed by atoms with Gasteiger partial charge in [0.1, 0.15) is 24.9 Å². The van der Waals surface area contributed by atoms with E-state index in [1.54, 1.807) is 0 Å². The largest absolute Gasteiger partial charge is 0.394 e. The fraction of sp³-hybridized carbons (Fsp3) is 1.00. The molecule has 232 valence electrons. The van der Waals surface area contributed by atoms with E-state index >= 15 is 0 Å². The zero-order valence-corrected chi connectivity index (χ0v) is 26.3. The van der Waals surface area contributed by atoms with Crippen LogP contribution in [0.1, 0.15) is 119 Å². The highest BCUT2D eigenvalue weighted by molar-refractivity contribution is 5.11. The van der Waals surface area contributed by atoms with Gasteiger partial charge < -0.3 is 29.9 Å². The number of fused-ring (bicyclic) bond motifs is 5. The second kappa shape index (κ2) is 11.4. The molecule has 0 aromatic heterocycles. The molecule has 5 rings (SSSR count). The van der Waals surface area contributed by atoms with E-state index in [0.29, 0.717) is 16.7 Å². The highest BCUT2D eigenvalue weighted by atomic mass is 16.7. The minimum Gasteiger partial charge on any atom is -0.394 e. The van der Waals surface area contributed by atoms with Crippen LogP contribution in [0.5, 0.6) is 0 Å². The zero-order chi connectivity index (χ0) is 29.1. The molecule has 0 spiro atoms. The molecule has 0 amide bonds. The van der Waals surface area contributed by atoms with Crippen molar-refractivity contribution in [2.45, 2.75) is 148 Å². The molecule has 0 unspecified atom stereocenters. The zero-order valence-electron chi connectivity index (χ0n) is 26.3. The number of aliphatic hydroxyl groups excluding tert-OH is 4. The quantitative estimate of drug-likeness (QED) is 0.287. The molecular formula is C34H60O6. The van der Waals surface area contributed by atoms with E-state index in [9.17, 15) is 20.4 Å². The van der Waals surface area contributed by atoms with Gasteiger partial charge in [-0.2, -0.15) is 0 Å². The maximum atomic E-state index is 10.8. The topological polar surface area (TPSA) is 99.4 Å². The van der Waals surface area contributed by atoms with Crippen LogP contribution in [-0.4, -0.2) is 63.3 Å². The van der Waals surface area contributed by atoms with Crippen molar-refractivity contribution in [2.24, 2.45) is 52.3 Å². The van der Waals surface area contributed by atoms with E-state index in [0.717, 1.165) is 54.8 Å². The summed E-state index contributed by atoms with van der Waals surface area (Å²) in [5.74, 6) is 3.84. The van der Waals surface area contributed by atoms with Gasteiger partial charge in [0, 0.05) is 0 Å². The van der Waals surface area contributed by atoms with Gasteiger partial charge in [0.15, 0.2) is 0 Å². The Morgan fingerprint density at radius 2 is 1.57 bits per heavy atom. The van der Waals surface area contributed by atoms with E-state index < -0.39 is 42.9 Å². The summed E-state index contributed by atoms with van der Waals surface area (Å²) in [4.78, 5) is 0. The molecule has 4 saturated carbocycles. The van der Waals surface area contributed by atoms with Crippen molar-refractivity contribution in [3.8, 4) is 0 Å². The Labute approximate surface area is 243 Å². The van der Waals surface area contributed by atoms with Crippen LogP contribution in [0.25, 0.3) is 0 Å². The van der Waals surface area contributed by atoms with Gasteiger partial charge >= 0.3 is 0 Å². The van der Waals surface area contributed by atoms with Gasteiger partial charge in [0.05, 0.1) is 12.2 Å². The summed E-state index contributed by atoms with van der Waals surface area (Å²) in [7, 11) is 0. The van der Waals surface area contributed by atoms with E-state index in [4.69, 9.17) is 9.47 Å². The Morgan fingerprint density at radius 1 is 0.850 bits per heavy atom. The van der Waals surface area contributed by atoms with Gasteiger partial charge in [0.25, 0.3) is 0 Å². The molecule has 13 atom stereocenters. The first kappa shape index (κ1) is 31.2. The van der Waals surface area contributed by atoms with Crippen molar-refractivity contribution in [1.29, 1.82) is 0 Å². The van der Waals surface area contributed by atoms with Crippen molar-refractivity contribution >= 4 is 0 Å². The number of aliphatic hydroxyl groups is 4. The van der Waals surface area contributed by atoms with Crippen molar-refractivity contribution in [2.75, 3.05) is 13.2 Å². The summed E-state index contributed by atoms with van der Waals surface area (Å²) in [6, 6.07) is 0. The average Bonchev–Trinajstić information content (AvgIpc) is 3.38. The van der Waals surface area contributed by atoms with E-state index in [-0.39, 0.29) is 0 Å². The Morgan fingerprint density at radius 3 is 2.23 bits per heavy atom. The highest BCUT2D eigenvalue weighted by Crippen LogP contribution is 2.69. The Kier molecular flexibility index (Phi) is 8.86. The van der Waals surface area contributed by atoms with Gasteiger partial charge in [-0.05, 0) is 117 Å². The number of ether oxygens (including phenoxy) is 2. The molecule has 0 aromatic rings. The highest BCUT2D eigenvalue weighted by Gasteiger charge is 2.63. The molecule has 5 aliphatic rings. The lowest BCUT2D eigenvalue weighted by Crippen LogP contribution is -2.59. The maximum absolute atomic E-state index is 10.8. The number of hydrogen-bond acceptors (Lipinski definition) is 6. The summed E-state index contributed by atoms with van der Waals surface area (Å²) in [6.45, 7) is 13.6. The Bertz CT molecular complexity index is 880. The lowest BCUT2D eigenvalue weighted by atomic mass is 9.43. The third-order valence-electron chi connectivity index (χ3n) is 13.5. The van der Waals surface area contributed by atoms with Crippen LogP contribution in [0.2, 0.25) is 0 Å². The predicted molar refractivity (Wildman–Crippen MR) is 156 cm³/mol. The van der Waals surface area contributed by atoms with Gasteiger partial charge in [-0.15, -0.1) is 0 Å². The molecule has 6 heteroatoms. The van der Waals surface area contributed by atoms with Crippen molar-refractivity contribution in [3.63, 3.8) is 0 Å². The number of hydrogen-bond donors (Lipinski definition) is 4. The lowest BCUT2D eigenvalue weighted by Gasteiger charge is -2.63. The molecule has 1 saturated heterocycles. The second-order valence-electron chi connectivity index (χ2n) is 16.2. The summed E-state index contributed by atoms with van der Waals surface area (Å²) in [5, 5.41) is 41.0. The van der Waals surface area contributed by atoms with Gasteiger partial charge in [-0.1, -0.05) is 53.9 Å². The fourth-order valence-corrected chi connectivity index (χ4v) is 11.2. The first-order valence-corrected chi connectivity index (χ1v) is 16.8.